The monoisotopic (exact) mass is 328 g/mol. The Labute approximate surface area is 143 Å². The van der Waals surface area contributed by atoms with Gasteiger partial charge in [-0.25, -0.2) is 0 Å². The lowest BCUT2D eigenvalue weighted by molar-refractivity contribution is -0.368. The van der Waals surface area contributed by atoms with Crippen LogP contribution in [0, 0.1) is 0 Å². The van der Waals surface area contributed by atoms with Crippen molar-refractivity contribution in [2.45, 2.75) is 96.8 Å². The number of nitrogens with two attached hydrogens (primary N) is 1. The molecule has 0 fully saturated rings. The van der Waals surface area contributed by atoms with Crippen LogP contribution in [0.25, 0.3) is 0 Å². The topological polar surface area (TPSA) is 93.8 Å². The zero-order valence-corrected chi connectivity index (χ0v) is 15.4. The van der Waals surface area contributed by atoms with E-state index in [1.807, 2.05) is 0 Å². The highest BCUT2D eigenvalue weighted by atomic mass is 16.4. The maximum Gasteiger partial charge on any atom is 0.131 e. The molecule has 0 aliphatic carbocycles. The van der Waals surface area contributed by atoms with Crippen LogP contribution in [-0.2, 0) is 0 Å². The molecule has 23 heavy (non-hydrogen) atoms. The number of hydrogen-bond donors (Lipinski definition) is 2. The number of carbonyl (C=O) groups is 1. The highest BCUT2D eigenvalue weighted by Gasteiger charge is 1.90. The van der Waals surface area contributed by atoms with Crippen LogP contribution in [0.3, 0.4) is 0 Å². The smallest absolute Gasteiger partial charge is 0.131 e. The molecule has 0 atom stereocenters. The summed E-state index contributed by atoms with van der Waals surface area (Å²) in [4.78, 5) is 8.67. The Hall–Kier alpha value is -1.03. The number of unbranched alkanes of at least 4 members (excludes halogenated alkanes) is 12. The number of rotatable bonds is 15. The van der Waals surface area contributed by atoms with Gasteiger partial charge in [-0.05, 0) is 38.5 Å². The number of carbonyl (C=O) groups excluding carboxylic acids is 1. The Morgan fingerprint density at radius 2 is 1.17 bits per heavy atom. The summed E-state index contributed by atoms with van der Waals surface area (Å²) in [5.74, 6) is 0. The van der Waals surface area contributed by atoms with E-state index in [2.05, 4.69) is 30.5 Å². The van der Waals surface area contributed by atoms with Crippen molar-refractivity contribution in [3.63, 3.8) is 0 Å². The number of quaternary nitrogens is 1. The Bertz CT molecular complexity index is 252. The van der Waals surface area contributed by atoms with Crippen LogP contribution >= 0.6 is 0 Å². The molecule has 4 nitrogen and oxygen atoms in total. The molecular weight excluding hydrogens is 288 g/mol. The minimum Gasteiger partial charge on any atom is -0.530 e. The van der Waals surface area contributed by atoms with Gasteiger partial charge in [0, 0.05) is 0 Å². The minimum absolute atomic E-state index is 1.11. The Kier molecular flexibility index (Phi) is 24.5. The summed E-state index contributed by atoms with van der Waals surface area (Å²) in [5.41, 5.74) is 7.80. The lowest BCUT2D eigenvalue weighted by atomic mass is 10.1. The van der Waals surface area contributed by atoms with E-state index in [1.165, 1.54) is 89.9 Å². The van der Waals surface area contributed by atoms with E-state index in [1.54, 1.807) is 0 Å². The van der Waals surface area contributed by atoms with Crippen molar-refractivity contribution in [2.75, 3.05) is 6.54 Å². The average molecular weight is 329 g/mol. The van der Waals surface area contributed by atoms with Crippen LogP contribution in [0.5, 0.6) is 0 Å². The average Bonchev–Trinajstić information content (AvgIpc) is 2.50. The molecule has 0 aromatic heterocycles. The van der Waals surface area contributed by atoms with Gasteiger partial charge >= 0.3 is 0 Å². The van der Waals surface area contributed by atoms with Gasteiger partial charge in [0.1, 0.15) is 6.09 Å². The number of primary amides is 1. The van der Waals surface area contributed by atoms with Crippen molar-refractivity contribution < 1.29 is 15.6 Å². The fourth-order valence-electron chi connectivity index (χ4n) is 2.42. The summed E-state index contributed by atoms with van der Waals surface area (Å²) in [5, 5.41) is 8.67. The van der Waals surface area contributed by atoms with E-state index in [0.717, 1.165) is 6.54 Å². The number of carboxylic acid groups (broad SMARTS) is 1. The molecular formula is C19H40N2O2. The third kappa shape index (κ3) is 33.7. The molecule has 0 rings (SSSR count). The van der Waals surface area contributed by atoms with Crippen LogP contribution in [0.2, 0.25) is 0 Å². The standard InChI is InChI=1S/C18H37N.CH3NO2/c1-2-3-4-5-6-7-8-9-10-11-12-13-14-15-16-17-18-19;2-1(3)4/h9-10H,2-8,11-19H2,1H3;2H2,(H,3,4)/b10-9-;. The lowest BCUT2D eigenvalue weighted by Crippen LogP contribution is -2.50. The van der Waals surface area contributed by atoms with E-state index in [-0.39, 0.29) is 0 Å². The van der Waals surface area contributed by atoms with Gasteiger partial charge in [-0.1, -0.05) is 70.4 Å². The predicted molar refractivity (Wildman–Crippen MR) is 96.8 cm³/mol. The third-order valence-electron chi connectivity index (χ3n) is 3.76. The Balaban J connectivity index is 0. The molecule has 0 aliphatic heterocycles. The molecule has 4 heteroatoms. The van der Waals surface area contributed by atoms with Crippen molar-refractivity contribution in [2.24, 2.45) is 5.73 Å². The molecule has 0 heterocycles. The van der Waals surface area contributed by atoms with Crippen molar-refractivity contribution >= 4 is 6.09 Å². The van der Waals surface area contributed by atoms with Gasteiger partial charge in [-0.2, -0.15) is 0 Å². The maximum absolute atomic E-state index is 8.67. The number of hydrogen-bond acceptors (Lipinski definition) is 2. The first kappa shape index (κ1) is 24.2. The van der Waals surface area contributed by atoms with E-state index in [4.69, 9.17) is 9.90 Å². The first-order chi connectivity index (χ1) is 11.1. The minimum atomic E-state index is -1.58. The molecule has 0 bridgehead atoms. The molecule has 0 aromatic rings. The number of amides is 1. The molecule has 0 spiro atoms. The fraction of sp³-hybridized carbons (Fsp3) is 0.842. The third-order valence-corrected chi connectivity index (χ3v) is 3.76. The van der Waals surface area contributed by atoms with Gasteiger partial charge in [0.05, 0.1) is 6.54 Å². The van der Waals surface area contributed by atoms with Gasteiger partial charge < -0.3 is 21.4 Å². The fourth-order valence-corrected chi connectivity index (χ4v) is 2.42. The van der Waals surface area contributed by atoms with Crippen LogP contribution < -0.4 is 16.6 Å². The highest BCUT2D eigenvalue weighted by Crippen LogP contribution is 2.09. The van der Waals surface area contributed by atoms with Gasteiger partial charge in [-0.15, -0.1) is 0 Å². The molecule has 138 valence electrons. The summed E-state index contributed by atoms with van der Waals surface area (Å²) >= 11 is 0. The van der Waals surface area contributed by atoms with Crippen molar-refractivity contribution in [1.82, 2.24) is 0 Å². The molecule has 0 aliphatic rings. The highest BCUT2D eigenvalue weighted by molar-refractivity contribution is 5.58. The van der Waals surface area contributed by atoms with E-state index < -0.39 is 6.09 Å². The molecule has 0 radical (unpaired) electrons. The molecule has 0 saturated carbocycles. The first-order valence-corrected chi connectivity index (χ1v) is 9.55. The summed E-state index contributed by atoms with van der Waals surface area (Å²) in [7, 11) is 0. The maximum atomic E-state index is 8.67. The van der Waals surface area contributed by atoms with Crippen LogP contribution in [0.1, 0.15) is 96.8 Å². The van der Waals surface area contributed by atoms with Gasteiger partial charge in [0.25, 0.3) is 0 Å². The second-order valence-electron chi connectivity index (χ2n) is 6.11. The summed E-state index contributed by atoms with van der Waals surface area (Å²) in [6.45, 7) is 3.39. The summed E-state index contributed by atoms with van der Waals surface area (Å²) < 4.78 is 0. The molecule has 0 saturated heterocycles. The lowest BCUT2D eigenvalue weighted by Gasteiger charge is -1.99. The SMILES string of the molecule is CCCCCCCC/C=C\CCCCCCCC[NH3+].NC(=O)[O-]. The second-order valence-corrected chi connectivity index (χ2v) is 6.11. The van der Waals surface area contributed by atoms with Crippen LogP contribution in [-0.4, -0.2) is 12.6 Å². The summed E-state index contributed by atoms with van der Waals surface area (Å²) in [6.07, 6.45) is 22.6. The Morgan fingerprint density at radius 3 is 1.57 bits per heavy atom. The van der Waals surface area contributed by atoms with E-state index in [0.29, 0.717) is 0 Å². The quantitative estimate of drug-likeness (QED) is 0.355. The van der Waals surface area contributed by atoms with Gasteiger partial charge in [0.15, 0.2) is 0 Å². The van der Waals surface area contributed by atoms with Crippen molar-refractivity contribution in [3.8, 4) is 0 Å². The van der Waals surface area contributed by atoms with Crippen molar-refractivity contribution in [1.29, 1.82) is 0 Å². The first-order valence-electron chi connectivity index (χ1n) is 9.55. The van der Waals surface area contributed by atoms with Crippen LogP contribution in [0.4, 0.5) is 4.79 Å². The van der Waals surface area contributed by atoms with E-state index >= 15 is 0 Å². The largest absolute Gasteiger partial charge is 0.530 e. The van der Waals surface area contributed by atoms with Crippen LogP contribution in [0.15, 0.2) is 12.2 Å². The van der Waals surface area contributed by atoms with Gasteiger partial charge in [0.2, 0.25) is 0 Å². The van der Waals surface area contributed by atoms with E-state index in [9.17, 15) is 0 Å². The molecule has 0 unspecified atom stereocenters. The molecule has 0 aromatic carbocycles. The zero-order chi connectivity index (χ0) is 17.6. The Morgan fingerprint density at radius 1 is 0.826 bits per heavy atom. The normalized spacial score (nSPS) is 10.5. The zero-order valence-electron chi connectivity index (χ0n) is 15.4. The second kappa shape index (κ2) is 23.2. The van der Waals surface area contributed by atoms with Gasteiger partial charge in [-0.3, -0.25) is 0 Å². The predicted octanol–water partition coefficient (Wildman–Crippen LogP) is 3.55. The summed E-state index contributed by atoms with van der Waals surface area (Å²) in [6, 6.07) is 0. The molecule has 5 N–H and O–H groups in total. The molecule has 1 amide bonds. The van der Waals surface area contributed by atoms with Crippen molar-refractivity contribution in [3.05, 3.63) is 12.2 Å². The number of allylic oxidation sites excluding steroid dienone is 2.